The molecule has 19 heavy (non-hydrogen) atoms. The van der Waals surface area contributed by atoms with Crippen molar-refractivity contribution in [2.24, 2.45) is 0 Å². The summed E-state index contributed by atoms with van der Waals surface area (Å²) in [6.07, 6.45) is 1.50. The Labute approximate surface area is 117 Å². The van der Waals surface area contributed by atoms with Crippen LogP contribution in [0.4, 0.5) is 0 Å². The van der Waals surface area contributed by atoms with E-state index in [1.165, 1.54) is 5.56 Å². The molecule has 1 rings (SSSR count). The highest BCUT2D eigenvalue weighted by atomic mass is 16.5. The monoisotopic (exact) mass is 265 g/mol. The highest BCUT2D eigenvalue weighted by Gasteiger charge is 2.11. The van der Waals surface area contributed by atoms with E-state index in [4.69, 9.17) is 9.47 Å². The van der Waals surface area contributed by atoms with Gasteiger partial charge in [0.2, 0.25) is 0 Å². The molecule has 1 N–H and O–H groups in total. The van der Waals surface area contributed by atoms with Gasteiger partial charge in [-0.3, -0.25) is 0 Å². The molecule has 0 bridgehead atoms. The number of hydrogen-bond donors (Lipinski definition) is 1. The van der Waals surface area contributed by atoms with Gasteiger partial charge in [0.15, 0.2) is 0 Å². The van der Waals surface area contributed by atoms with Crippen LogP contribution in [0.5, 0.6) is 0 Å². The summed E-state index contributed by atoms with van der Waals surface area (Å²) in [6.45, 7) is 9.39. The summed E-state index contributed by atoms with van der Waals surface area (Å²) in [4.78, 5) is 0. The summed E-state index contributed by atoms with van der Waals surface area (Å²) in [5.74, 6) is 0. The molecule has 1 aromatic rings. The average Bonchev–Trinajstić information content (AvgIpc) is 2.42. The third kappa shape index (κ3) is 7.31. The lowest BCUT2D eigenvalue weighted by Gasteiger charge is -2.19. The van der Waals surface area contributed by atoms with Crippen molar-refractivity contribution >= 4 is 0 Å². The van der Waals surface area contributed by atoms with E-state index in [-0.39, 0.29) is 12.2 Å². The maximum atomic E-state index is 5.94. The van der Waals surface area contributed by atoms with Crippen LogP contribution in [0.2, 0.25) is 0 Å². The van der Waals surface area contributed by atoms with Gasteiger partial charge < -0.3 is 14.8 Å². The molecule has 108 valence electrons. The SMILES string of the molecule is CCCNCC(OCCOC(C)C)c1ccccc1. The van der Waals surface area contributed by atoms with E-state index in [9.17, 15) is 0 Å². The summed E-state index contributed by atoms with van der Waals surface area (Å²) in [7, 11) is 0. The average molecular weight is 265 g/mol. The van der Waals surface area contributed by atoms with Crippen LogP contribution in [0.1, 0.15) is 38.9 Å². The molecule has 0 aliphatic rings. The Morgan fingerprint density at radius 2 is 1.74 bits per heavy atom. The van der Waals surface area contributed by atoms with Crippen LogP contribution < -0.4 is 5.32 Å². The van der Waals surface area contributed by atoms with Crippen LogP contribution in [0.15, 0.2) is 30.3 Å². The molecular weight excluding hydrogens is 238 g/mol. The van der Waals surface area contributed by atoms with Gasteiger partial charge in [-0.15, -0.1) is 0 Å². The van der Waals surface area contributed by atoms with Crippen molar-refractivity contribution in [3.8, 4) is 0 Å². The van der Waals surface area contributed by atoms with Crippen LogP contribution >= 0.6 is 0 Å². The van der Waals surface area contributed by atoms with Gasteiger partial charge in [-0.1, -0.05) is 37.3 Å². The zero-order valence-corrected chi connectivity index (χ0v) is 12.4. The molecule has 3 nitrogen and oxygen atoms in total. The van der Waals surface area contributed by atoms with E-state index in [2.05, 4.69) is 36.5 Å². The minimum atomic E-state index is 0.100. The van der Waals surface area contributed by atoms with Crippen LogP contribution in [0.3, 0.4) is 0 Å². The van der Waals surface area contributed by atoms with Crippen molar-refractivity contribution in [1.29, 1.82) is 0 Å². The van der Waals surface area contributed by atoms with Crippen LogP contribution in [-0.2, 0) is 9.47 Å². The molecule has 0 saturated heterocycles. The molecule has 0 aromatic heterocycles. The van der Waals surface area contributed by atoms with Crippen molar-refractivity contribution in [3.05, 3.63) is 35.9 Å². The van der Waals surface area contributed by atoms with Crippen molar-refractivity contribution in [2.75, 3.05) is 26.3 Å². The topological polar surface area (TPSA) is 30.5 Å². The van der Waals surface area contributed by atoms with E-state index in [0.29, 0.717) is 13.2 Å². The fourth-order valence-corrected chi connectivity index (χ4v) is 1.82. The number of rotatable bonds is 10. The van der Waals surface area contributed by atoms with E-state index in [1.54, 1.807) is 0 Å². The first-order valence-electron chi connectivity index (χ1n) is 7.23. The molecule has 0 aliphatic carbocycles. The predicted molar refractivity (Wildman–Crippen MR) is 79.4 cm³/mol. The molecule has 0 radical (unpaired) electrons. The molecule has 0 aliphatic heterocycles. The Morgan fingerprint density at radius 1 is 1.05 bits per heavy atom. The minimum absolute atomic E-state index is 0.100. The first-order valence-corrected chi connectivity index (χ1v) is 7.23. The highest BCUT2D eigenvalue weighted by molar-refractivity contribution is 5.17. The fraction of sp³-hybridized carbons (Fsp3) is 0.625. The lowest BCUT2D eigenvalue weighted by Crippen LogP contribution is -2.25. The summed E-state index contributed by atoms with van der Waals surface area (Å²) >= 11 is 0. The molecule has 1 unspecified atom stereocenters. The van der Waals surface area contributed by atoms with Gasteiger partial charge in [-0.25, -0.2) is 0 Å². The van der Waals surface area contributed by atoms with E-state index in [1.807, 2.05) is 19.9 Å². The summed E-state index contributed by atoms with van der Waals surface area (Å²) < 4.78 is 11.4. The number of ether oxygens (including phenoxy) is 2. The zero-order valence-electron chi connectivity index (χ0n) is 12.4. The van der Waals surface area contributed by atoms with Gasteiger partial charge in [0, 0.05) is 6.54 Å². The second-order valence-corrected chi connectivity index (χ2v) is 4.89. The van der Waals surface area contributed by atoms with Crippen LogP contribution in [-0.4, -0.2) is 32.4 Å². The van der Waals surface area contributed by atoms with Crippen molar-refractivity contribution < 1.29 is 9.47 Å². The molecule has 0 saturated carbocycles. The predicted octanol–water partition coefficient (Wildman–Crippen LogP) is 3.17. The number of hydrogen-bond acceptors (Lipinski definition) is 3. The molecule has 0 heterocycles. The Balaban J connectivity index is 2.41. The first-order chi connectivity index (χ1) is 9.24. The Bertz CT molecular complexity index is 314. The zero-order chi connectivity index (χ0) is 13.9. The molecule has 3 heteroatoms. The van der Waals surface area contributed by atoms with Gasteiger partial charge in [-0.05, 0) is 32.4 Å². The third-order valence-electron chi connectivity index (χ3n) is 2.78. The van der Waals surface area contributed by atoms with Gasteiger partial charge in [0.05, 0.1) is 25.4 Å². The Morgan fingerprint density at radius 3 is 2.37 bits per heavy atom. The smallest absolute Gasteiger partial charge is 0.0950 e. The third-order valence-corrected chi connectivity index (χ3v) is 2.78. The maximum absolute atomic E-state index is 5.94. The standard InChI is InChI=1S/C16H27NO2/c1-4-10-17-13-16(15-8-6-5-7-9-15)19-12-11-18-14(2)3/h5-9,14,16-17H,4,10-13H2,1-3H3. The van der Waals surface area contributed by atoms with Gasteiger partial charge >= 0.3 is 0 Å². The van der Waals surface area contributed by atoms with Crippen LogP contribution in [0.25, 0.3) is 0 Å². The van der Waals surface area contributed by atoms with Gasteiger partial charge in [0.25, 0.3) is 0 Å². The first kappa shape index (κ1) is 16.2. The largest absolute Gasteiger partial charge is 0.376 e. The quantitative estimate of drug-likeness (QED) is 0.659. The lowest BCUT2D eigenvalue weighted by molar-refractivity contribution is -0.0129. The molecule has 1 aromatic carbocycles. The molecule has 0 spiro atoms. The summed E-state index contributed by atoms with van der Waals surface area (Å²) in [6, 6.07) is 10.4. The highest BCUT2D eigenvalue weighted by Crippen LogP contribution is 2.16. The molecule has 0 amide bonds. The number of benzene rings is 1. The van der Waals surface area contributed by atoms with Crippen LogP contribution in [0, 0.1) is 0 Å². The van der Waals surface area contributed by atoms with E-state index >= 15 is 0 Å². The molecule has 0 fully saturated rings. The second kappa shape index (κ2) is 9.96. The van der Waals surface area contributed by atoms with Crippen molar-refractivity contribution in [3.63, 3.8) is 0 Å². The minimum Gasteiger partial charge on any atom is -0.376 e. The number of nitrogens with one attached hydrogen (secondary N) is 1. The van der Waals surface area contributed by atoms with Gasteiger partial charge in [-0.2, -0.15) is 0 Å². The fourth-order valence-electron chi connectivity index (χ4n) is 1.82. The van der Waals surface area contributed by atoms with Crippen molar-refractivity contribution in [1.82, 2.24) is 5.32 Å². The maximum Gasteiger partial charge on any atom is 0.0950 e. The van der Waals surface area contributed by atoms with E-state index < -0.39 is 0 Å². The van der Waals surface area contributed by atoms with Gasteiger partial charge in [0.1, 0.15) is 0 Å². The molecular formula is C16H27NO2. The summed E-state index contributed by atoms with van der Waals surface area (Å²) in [5.41, 5.74) is 1.22. The van der Waals surface area contributed by atoms with E-state index in [0.717, 1.165) is 19.5 Å². The Hall–Kier alpha value is -0.900. The summed E-state index contributed by atoms with van der Waals surface area (Å²) in [5, 5.41) is 3.42. The lowest BCUT2D eigenvalue weighted by atomic mass is 10.1. The second-order valence-electron chi connectivity index (χ2n) is 4.89. The van der Waals surface area contributed by atoms with Crippen molar-refractivity contribution in [2.45, 2.75) is 39.4 Å². The molecule has 1 atom stereocenters. The normalized spacial score (nSPS) is 12.8. The Kier molecular flexibility index (Phi) is 8.47.